The molecule has 6 heteroatoms. The third-order valence-electron chi connectivity index (χ3n) is 5.37. The van der Waals surface area contributed by atoms with E-state index in [-0.39, 0.29) is 17.5 Å². The van der Waals surface area contributed by atoms with Gasteiger partial charge in [0.25, 0.3) is 5.56 Å². The number of benzene rings is 2. The van der Waals surface area contributed by atoms with Gasteiger partial charge >= 0.3 is 6.09 Å². The quantitative estimate of drug-likeness (QED) is 0.323. The SMILES string of the molecule is CCCCOc1c(CNC(=O)OC(C)(C)C)n(CC(C)(C)C)c(=O)c2cc3ccccc3cc12. The zero-order chi connectivity index (χ0) is 25.1. The molecule has 3 rings (SSSR count). The molecular weight excluding hydrogens is 428 g/mol. The number of fused-ring (bicyclic) bond motifs is 2. The van der Waals surface area contributed by atoms with Gasteiger partial charge in [0.15, 0.2) is 0 Å². The molecule has 6 nitrogen and oxygen atoms in total. The Bertz CT molecular complexity index is 1230. The highest BCUT2D eigenvalue weighted by atomic mass is 16.6. The average molecular weight is 467 g/mol. The van der Waals surface area contributed by atoms with Crippen LogP contribution in [0.2, 0.25) is 0 Å². The minimum Gasteiger partial charge on any atom is -0.491 e. The molecule has 0 aliphatic rings. The highest BCUT2D eigenvalue weighted by Crippen LogP contribution is 2.33. The molecule has 0 spiro atoms. The highest BCUT2D eigenvalue weighted by molar-refractivity contribution is 6.00. The van der Waals surface area contributed by atoms with Crippen molar-refractivity contribution in [2.75, 3.05) is 6.61 Å². The van der Waals surface area contributed by atoms with Crippen LogP contribution in [0.1, 0.15) is 67.0 Å². The first kappa shape index (κ1) is 25.6. The summed E-state index contributed by atoms with van der Waals surface area (Å²) in [5.74, 6) is 0.647. The highest BCUT2D eigenvalue weighted by Gasteiger charge is 2.24. The molecule has 0 fully saturated rings. The van der Waals surface area contributed by atoms with E-state index in [4.69, 9.17) is 9.47 Å². The molecular formula is C28H38N2O4. The number of carbonyl (C=O) groups excluding carboxylic acids is 1. The molecule has 184 valence electrons. The smallest absolute Gasteiger partial charge is 0.407 e. The molecule has 0 aliphatic heterocycles. The van der Waals surface area contributed by atoms with Crippen LogP contribution in [-0.4, -0.2) is 22.9 Å². The second kappa shape index (κ2) is 10.1. The van der Waals surface area contributed by atoms with Crippen LogP contribution in [-0.2, 0) is 17.8 Å². The zero-order valence-corrected chi connectivity index (χ0v) is 21.6. The number of hydrogen-bond acceptors (Lipinski definition) is 4. The van der Waals surface area contributed by atoms with E-state index in [9.17, 15) is 9.59 Å². The van der Waals surface area contributed by atoms with Gasteiger partial charge in [0.05, 0.1) is 24.2 Å². The summed E-state index contributed by atoms with van der Waals surface area (Å²) in [5.41, 5.74) is -0.197. The lowest BCUT2D eigenvalue weighted by atomic mass is 9.95. The topological polar surface area (TPSA) is 69.6 Å². The summed E-state index contributed by atoms with van der Waals surface area (Å²) in [7, 11) is 0. The average Bonchev–Trinajstić information content (AvgIpc) is 2.73. The first-order valence-electron chi connectivity index (χ1n) is 12.1. The Kier molecular flexibility index (Phi) is 7.59. The molecule has 1 aromatic heterocycles. The second-order valence-corrected chi connectivity index (χ2v) is 11.0. The van der Waals surface area contributed by atoms with Crippen molar-refractivity contribution in [3.05, 3.63) is 52.4 Å². The van der Waals surface area contributed by atoms with Crippen LogP contribution >= 0.6 is 0 Å². The van der Waals surface area contributed by atoms with Crippen molar-refractivity contribution in [3.8, 4) is 5.75 Å². The predicted octanol–water partition coefficient (Wildman–Crippen LogP) is 6.40. The van der Waals surface area contributed by atoms with E-state index in [0.717, 1.165) is 29.0 Å². The predicted molar refractivity (Wildman–Crippen MR) is 139 cm³/mol. The lowest BCUT2D eigenvalue weighted by Gasteiger charge is -2.26. The van der Waals surface area contributed by atoms with Gasteiger partial charge in [-0.25, -0.2) is 4.79 Å². The van der Waals surface area contributed by atoms with Crippen LogP contribution in [0.15, 0.2) is 41.2 Å². The lowest BCUT2D eigenvalue weighted by molar-refractivity contribution is 0.0521. The number of aromatic nitrogens is 1. The van der Waals surface area contributed by atoms with Crippen LogP contribution in [0, 0.1) is 5.41 Å². The largest absolute Gasteiger partial charge is 0.491 e. The van der Waals surface area contributed by atoms with Gasteiger partial charge in [-0.05, 0) is 55.5 Å². The summed E-state index contributed by atoms with van der Waals surface area (Å²) >= 11 is 0. The molecule has 1 amide bonds. The Morgan fingerprint density at radius 1 is 1.00 bits per heavy atom. The van der Waals surface area contributed by atoms with Gasteiger partial charge in [-0.2, -0.15) is 0 Å². The first-order valence-corrected chi connectivity index (χ1v) is 12.1. The van der Waals surface area contributed by atoms with Gasteiger partial charge in [0.2, 0.25) is 0 Å². The normalized spacial score (nSPS) is 12.2. The molecule has 0 aliphatic carbocycles. The minimum absolute atomic E-state index is 0.0838. The van der Waals surface area contributed by atoms with Gasteiger partial charge in [-0.3, -0.25) is 4.79 Å². The van der Waals surface area contributed by atoms with Crippen LogP contribution in [0.25, 0.3) is 21.5 Å². The maximum Gasteiger partial charge on any atom is 0.407 e. The number of nitrogens with zero attached hydrogens (tertiary/aromatic N) is 1. The molecule has 0 atom stereocenters. The number of carbonyl (C=O) groups is 1. The van der Waals surface area contributed by atoms with Crippen LogP contribution in [0.3, 0.4) is 0 Å². The molecule has 0 unspecified atom stereocenters. The Labute approximate surface area is 202 Å². The van der Waals surface area contributed by atoms with Gasteiger partial charge in [0, 0.05) is 11.9 Å². The van der Waals surface area contributed by atoms with Crippen LogP contribution < -0.4 is 15.6 Å². The lowest BCUT2D eigenvalue weighted by Crippen LogP contribution is -2.36. The van der Waals surface area contributed by atoms with Crippen molar-refractivity contribution in [1.82, 2.24) is 9.88 Å². The Morgan fingerprint density at radius 2 is 1.62 bits per heavy atom. The van der Waals surface area contributed by atoms with E-state index in [2.05, 4.69) is 33.0 Å². The van der Waals surface area contributed by atoms with Crippen molar-refractivity contribution in [2.24, 2.45) is 5.41 Å². The van der Waals surface area contributed by atoms with E-state index >= 15 is 0 Å². The maximum absolute atomic E-state index is 13.8. The van der Waals surface area contributed by atoms with Crippen molar-refractivity contribution in [3.63, 3.8) is 0 Å². The Balaban J connectivity index is 2.23. The van der Waals surface area contributed by atoms with E-state index in [1.54, 1.807) is 4.57 Å². The number of pyridine rings is 1. The Hall–Kier alpha value is -3.02. The molecule has 0 bridgehead atoms. The second-order valence-electron chi connectivity index (χ2n) is 11.0. The Morgan fingerprint density at radius 3 is 2.18 bits per heavy atom. The molecule has 1 N–H and O–H groups in total. The van der Waals surface area contributed by atoms with Crippen molar-refractivity contribution < 1.29 is 14.3 Å². The number of alkyl carbamates (subject to hydrolysis) is 1. The van der Waals surface area contributed by atoms with Gasteiger partial charge in [-0.15, -0.1) is 0 Å². The monoisotopic (exact) mass is 466 g/mol. The molecule has 34 heavy (non-hydrogen) atoms. The summed E-state index contributed by atoms with van der Waals surface area (Å²) in [5, 5.41) is 6.28. The first-order chi connectivity index (χ1) is 15.9. The van der Waals surface area contributed by atoms with E-state index in [0.29, 0.717) is 30.0 Å². The molecule has 3 aromatic rings. The fourth-order valence-corrected chi connectivity index (χ4v) is 3.92. The number of rotatable bonds is 7. The summed E-state index contributed by atoms with van der Waals surface area (Å²) in [6.45, 7) is 15.0. The van der Waals surface area contributed by atoms with E-state index < -0.39 is 11.7 Å². The molecule has 0 saturated carbocycles. The molecule has 1 heterocycles. The summed E-state index contributed by atoms with van der Waals surface area (Å²) < 4.78 is 13.5. The van der Waals surface area contributed by atoms with E-state index in [1.807, 2.05) is 57.2 Å². The fraction of sp³-hybridized carbons (Fsp3) is 0.500. The van der Waals surface area contributed by atoms with Gasteiger partial charge < -0.3 is 19.4 Å². The van der Waals surface area contributed by atoms with Gasteiger partial charge in [-0.1, -0.05) is 58.4 Å². The summed E-state index contributed by atoms with van der Waals surface area (Å²) in [6, 6.07) is 12.0. The number of hydrogen-bond donors (Lipinski definition) is 1. The molecule has 0 saturated heterocycles. The maximum atomic E-state index is 13.8. The van der Waals surface area contributed by atoms with E-state index in [1.165, 1.54) is 0 Å². The number of unbranched alkanes of at least 4 members (excludes halogenated alkanes) is 1. The van der Waals surface area contributed by atoms with Crippen molar-refractivity contribution in [2.45, 2.75) is 80.0 Å². The minimum atomic E-state index is -0.613. The standard InChI is InChI=1S/C28H38N2O4/c1-8-9-14-33-24-21-15-19-12-10-11-13-20(19)16-22(21)25(31)30(18-27(2,3)4)23(24)17-29-26(32)34-28(5,6)7/h10-13,15-16H,8-9,14,17-18H2,1-7H3,(H,29,32). The van der Waals surface area contributed by atoms with Crippen molar-refractivity contribution in [1.29, 1.82) is 0 Å². The third kappa shape index (κ3) is 6.31. The molecule has 0 radical (unpaired) electrons. The number of ether oxygens (including phenoxy) is 2. The number of amides is 1. The van der Waals surface area contributed by atoms with Crippen LogP contribution in [0.5, 0.6) is 5.75 Å². The fourth-order valence-electron chi connectivity index (χ4n) is 3.92. The van der Waals surface area contributed by atoms with Gasteiger partial charge in [0.1, 0.15) is 11.4 Å². The van der Waals surface area contributed by atoms with Crippen molar-refractivity contribution >= 4 is 27.6 Å². The summed E-state index contributed by atoms with van der Waals surface area (Å²) in [4.78, 5) is 26.3. The summed E-state index contributed by atoms with van der Waals surface area (Å²) in [6.07, 6.45) is 1.36. The number of nitrogens with one attached hydrogen (secondary N) is 1. The molecule has 2 aromatic carbocycles. The van der Waals surface area contributed by atoms with Crippen LogP contribution in [0.4, 0.5) is 4.79 Å². The zero-order valence-electron chi connectivity index (χ0n) is 21.6. The third-order valence-corrected chi connectivity index (χ3v) is 5.37.